The van der Waals surface area contributed by atoms with E-state index in [0.29, 0.717) is 0 Å². The molecule has 0 N–H and O–H groups in total. The Morgan fingerprint density at radius 2 is 0.959 bits per heavy atom. The summed E-state index contributed by atoms with van der Waals surface area (Å²) in [6.07, 6.45) is 2.17. The fourth-order valence-electron chi connectivity index (χ4n) is 7.65. The molecule has 0 aliphatic heterocycles. The maximum Gasteiger partial charge on any atom is 0.0529 e. The van der Waals surface area contributed by atoms with E-state index < -0.39 is 0 Å². The highest BCUT2D eigenvalue weighted by Crippen LogP contribution is 2.50. The molecule has 0 amide bonds. The summed E-state index contributed by atoms with van der Waals surface area (Å²) >= 11 is 0. The first-order valence-corrected chi connectivity index (χ1v) is 17.0. The van der Waals surface area contributed by atoms with Gasteiger partial charge in [-0.05, 0) is 105 Å². The number of fused-ring (bicyclic) bond motifs is 4. The molecule has 0 bridgehead atoms. The molecule has 0 saturated carbocycles. The average molecular weight is 629 g/mol. The van der Waals surface area contributed by atoms with Crippen LogP contribution in [0.5, 0.6) is 0 Å². The zero-order valence-electron chi connectivity index (χ0n) is 27.7. The van der Waals surface area contributed by atoms with Crippen molar-refractivity contribution < 1.29 is 0 Å². The zero-order chi connectivity index (χ0) is 33.0. The van der Waals surface area contributed by atoms with Crippen molar-refractivity contribution in [1.29, 1.82) is 0 Å². The van der Waals surface area contributed by atoms with Gasteiger partial charge in [0.15, 0.2) is 0 Å². The van der Waals surface area contributed by atoms with E-state index in [-0.39, 0.29) is 5.41 Å². The Balaban J connectivity index is 1.13. The van der Waals surface area contributed by atoms with Crippen LogP contribution in [0, 0.1) is 0 Å². The molecular weight excluding hydrogens is 593 g/mol. The lowest BCUT2D eigenvalue weighted by Gasteiger charge is -2.28. The Morgan fingerprint density at radius 1 is 0.429 bits per heavy atom. The number of benzene rings is 7. The number of aromatic nitrogens is 1. The summed E-state index contributed by atoms with van der Waals surface area (Å²) in [4.78, 5) is 2.40. The van der Waals surface area contributed by atoms with Gasteiger partial charge < -0.3 is 9.47 Å². The van der Waals surface area contributed by atoms with Crippen molar-refractivity contribution in [1.82, 2.24) is 4.57 Å². The molecule has 2 nitrogen and oxygen atoms in total. The molecular formula is C47H36N2. The smallest absolute Gasteiger partial charge is 0.0529 e. The molecule has 234 valence electrons. The predicted molar refractivity (Wildman–Crippen MR) is 206 cm³/mol. The van der Waals surface area contributed by atoms with E-state index in [2.05, 4.69) is 205 Å². The normalized spacial score (nSPS) is 12.9. The van der Waals surface area contributed by atoms with Gasteiger partial charge in [-0.2, -0.15) is 0 Å². The van der Waals surface area contributed by atoms with E-state index >= 15 is 0 Å². The maximum absolute atomic E-state index is 2.41. The summed E-state index contributed by atoms with van der Waals surface area (Å²) < 4.78 is 2.26. The molecule has 2 heteroatoms. The van der Waals surface area contributed by atoms with Crippen molar-refractivity contribution in [2.45, 2.75) is 19.3 Å². The van der Waals surface area contributed by atoms with Crippen LogP contribution in [0.4, 0.5) is 17.1 Å². The highest BCUT2D eigenvalue weighted by atomic mass is 15.1. The summed E-state index contributed by atoms with van der Waals surface area (Å²) in [6.45, 7) is 4.70. The summed E-state index contributed by atoms with van der Waals surface area (Å²) in [5.41, 5.74) is 16.0. The lowest BCUT2D eigenvalue weighted by molar-refractivity contribution is 0.660. The number of hydrogen-bond acceptors (Lipinski definition) is 1. The third-order valence-corrected chi connectivity index (χ3v) is 10.2. The van der Waals surface area contributed by atoms with E-state index in [1.807, 2.05) is 0 Å². The fourth-order valence-corrected chi connectivity index (χ4v) is 7.65. The number of anilines is 3. The Labute approximate surface area is 288 Å². The van der Waals surface area contributed by atoms with E-state index in [4.69, 9.17) is 0 Å². The molecule has 0 radical (unpaired) electrons. The van der Waals surface area contributed by atoms with Gasteiger partial charge in [0.05, 0.1) is 5.52 Å². The third-order valence-electron chi connectivity index (χ3n) is 10.2. The van der Waals surface area contributed by atoms with Crippen molar-refractivity contribution in [3.63, 3.8) is 0 Å². The molecule has 7 aromatic carbocycles. The minimum atomic E-state index is -0.0831. The lowest BCUT2D eigenvalue weighted by atomic mass is 9.82. The predicted octanol–water partition coefficient (Wildman–Crippen LogP) is 12.7. The second-order valence-corrected chi connectivity index (χ2v) is 13.5. The number of rotatable bonds is 6. The van der Waals surface area contributed by atoms with E-state index in [0.717, 1.165) is 22.7 Å². The number of hydrogen-bond donors (Lipinski definition) is 0. The molecule has 1 aliphatic carbocycles. The summed E-state index contributed by atoms with van der Waals surface area (Å²) in [5, 5.41) is 1.20. The third kappa shape index (κ3) is 4.96. The molecule has 1 aromatic heterocycles. The van der Waals surface area contributed by atoms with Gasteiger partial charge in [0.25, 0.3) is 0 Å². The molecule has 0 spiro atoms. The summed E-state index contributed by atoms with van der Waals surface area (Å²) in [5.74, 6) is 0. The van der Waals surface area contributed by atoms with E-state index in [1.165, 1.54) is 55.4 Å². The van der Waals surface area contributed by atoms with Crippen molar-refractivity contribution in [3.8, 4) is 39.1 Å². The SMILES string of the molecule is CC1(C)c2ccccc2-c2ccc(N(c3ccc(-c4ccc(-c5ccccc5)cc4)cc3)c3ccc4c(ccn4-c4ccccc4)c3)cc21. The van der Waals surface area contributed by atoms with Crippen LogP contribution >= 0.6 is 0 Å². The molecule has 0 saturated heterocycles. The molecule has 1 heterocycles. The van der Waals surface area contributed by atoms with Gasteiger partial charge in [0, 0.05) is 39.7 Å². The molecule has 1 aliphatic rings. The van der Waals surface area contributed by atoms with Crippen LogP contribution in [0.1, 0.15) is 25.0 Å². The van der Waals surface area contributed by atoms with Gasteiger partial charge >= 0.3 is 0 Å². The summed E-state index contributed by atoms with van der Waals surface area (Å²) in [7, 11) is 0. The Kier molecular flexibility index (Phi) is 6.84. The standard InChI is InChI=1S/C47H36N2/c1-47(2)44-16-10-9-15-42(44)43-27-25-41(32-45(43)47)49(40-26-28-46-37(31-40)29-30-48(46)38-13-7-4-8-14-38)39-23-21-36(22-24-39)35-19-17-34(18-20-35)33-11-5-3-6-12-33/h3-32H,1-2H3. The van der Waals surface area contributed by atoms with Crippen molar-refractivity contribution in [2.24, 2.45) is 0 Å². The van der Waals surface area contributed by atoms with Crippen LogP contribution in [0.2, 0.25) is 0 Å². The minimum absolute atomic E-state index is 0.0831. The maximum atomic E-state index is 2.41. The molecule has 0 fully saturated rings. The number of para-hydroxylation sites is 1. The van der Waals surface area contributed by atoms with Gasteiger partial charge in [-0.25, -0.2) is 0 Å². The van der Waals surface area contributed by atoms with Crippen LogP contribution in [-0.4, -0.2) is 4.57 Å². The topological polar surface area (TPSA) is 8.17 Å². The molecule has 0 unspecified atom stereocenters. The van der Waals surface area contributed by atoms with Gasteiger partial charge in [-0.3, -0.25) is 0 Å². The Hall–Kier alpha value is -6.12. The van der Waals surface area contributed by atoms with Gasteiger partial charge in [0.2, 0.25) is 0 Å². The Morgan fingerprint density at radius 3 is 1.67 bits per heavy atom. The first-order valence-electron chi connectivity index (χ1n) is 17.0. The first-order chi connectivity index (χ1) is 24.0. The average Bonchev–Trinajstić information content (AvgIpc) is 3.69. The highest BCUT2D eigenvalue weighted by molar-refractivity contribution is 5.91. The quantitative estimate of drug-likeness (QED) is 0.178. The van der Waals surface area contributed by atoms with Crippen LogP contribution in [0.15, 0.2) is 182 Å². The molecule has 49 heavy (non-hydrogen) atoms. The monoisotopic (exact) mass is 628 g/mol. The molecule has 0 atom stereocenters. The second-order valence-electron chi connectivity index (χ2n) is 13.5. The van der Waals surface area contributed by atoms with Crippen LogP contribution in [0.25, 0.3) is 50.0 Å². The zero-order valence-corrected chi connectivity index (χ0v) is 27.7. The van der Waals surface area contributed by atoms with Crippen molar-refractivity contribution >= 4 is 28.0 Å². The van der Waals surface area contributed by atoms with E-state index in [1.54, 1.807) is 0 Å². The minimum Gasteiger partial charge on any atom is -0.317 e. The Bertz CT molecular complexity index is 2430. The highest BCUT2D eigenvalue weighted by Gasteiger charge is 2.35. The van der Waals surface area contributed by atoms with Crippen LogP contribution < -0.4 is 4.90 Å². The molecule has 8 aromatic rings. The van der Waals surface area contributed by atoms with Crippen molar-refractivity contribution in [2.75, 3.05) is 4.90 Å². The van der Waals surface area contributed by atoms with Crippen molar-refractivity contribution in [3.05, 3.63) is 193 Å². The fraction of sp³-hybridized carbons (Fsp3) is 0.0638. The molecule has 9 rings (SSSR count). The van der Waals surface area contributed by atoms with E-state index in [9.17, 15) is 0 Å². The van der Waals surface area contributed by atoms with Gasteiger partial charge in [0.1, 0.15) is 0 Å². The largest absolute Gasteiger partial charge is 0.317 e. The summed E-state index contributed by atoms with van der Waals surface area (Å²) in [6, 6.07) is 63.9. The van der Waals surface area contributed by atoms with Gasteiger partial charge in [-0.1, -0.05) is 129 Å². The van der Waals surface area contributed by atoms with Crippen LogP contribution in [0.3, 0.4) is 0 Å². The number of nitrogens with zero attached hydrogens (tertiary/aromatic N) is 2. The van der Waals surface area contributed by atoms with Crippen LogP contribution in [-0.2, 0) is 5.41 Å². The lowest BCUT2D eigenvalue weighted by Crippen LogP contribution is -2.16. The second kappa shape index (κ2) is 11.5. The van der Waals surface area contributed by atoms with Gasteiger partial charge in [-0.15, -0.1) is 0 Å². The first kappa shape index (κ1) is 29.1.